The van der Waals surface area contributed by atoms with Crippen LogP contribution in [0.4, 0.5) is 0 Å². The molecular formula is C22H37IN4O2. The minimum Gasteiger partial charge on any atom is -0.493 e. The highest BCUT2D eigenvalue weighted by Crippen LogP contribution is 2.31. The predicted molar refractivity (Wildman–Crippen MR) is 129 cm³/mol. The summed E-state index contributed by atoms with van der Waals surface area (Å²) in [7, 11) is 3.55. The van der Waals surface area contributed by atoms with E-state index in [1.807, 2.05) is 7.05 Å². The van der Waals surface area contributed by atoms with E-state index in [9.17, 15) is 0 Å². The lowest BCUT2D eigenvalue weighted by Crippen LogP contribution is -2.40. The van der Waals surface area contributed by atoms with Crippen LogP contribution in [0.5, 0.6) is 5.75 Å². The molecule has 3 rings (SSSR count). The van der Waals surface area contributed by atoms with Gasteiger partial charge in [0.15, 0.2) is 5.96 Å². The molecule has 1 saturated carbocycles. The molecule has 164 valence electrons. The molecule has 0 aromatic heterocycles. The van der Waals surface area contributed by atoms with Crippen LogP contribution in [0.1, 0.15) is 36.8 Å². The Bertz CT molecular complexity index is 652. The Morgan fingerprint density at radius 1 is 1.21 bits per heavy atom. The number of nitrogens with one attached hydrogen (secondary N) is 2. The van der Waals surface area contributed by atoms with Crippen LogP contribution in [-0.2, 0) is 11.3 Å². The fourth-order valence-electron chi connectivity index (χ4n) is 3.77. The molecule has 1 saturated heterocycles. The molecule has 0 radical (unpaired) electrons. The Morgan fingerprint density at radius 2 is 2.03 bits per heavy atom. The molecule has 1 aliphatic heterocycles. The van der Waals surface area contributed by atoms with Crippen LogP contribution < -0.4 is 15.4 Å². The number of aryl methyl sites for hydroxylation is 1. The molecule has 6 nitrogen and oxygen atoms in total. The Kier molecular flexibility index (Phi) is 10.5. The zero-order valence-electron chi connectivity index (χ0n) is 18.1. The van der Waals surface area contributed by atoms with E-state index in [-0.39, 0.29) is 24.0 Å². The van der Waals surface area contributed by atoms with Gasteiger partial charge in [0.1, 0.15) is 5.75 Å². The van der Waals surface area contributed by atoms with Gasteiger partial charge in [0.05, 0.1) is 6.61 Å². The number of rotatable bonds is 10. The van der Waals surface area contributed by atoms with E-state index >= 15 is 0 Å². The molecule has 7 heteroatoms. The van der Waals surface area contributed by atoms with Gasteiger partial charge in [0, 0.05) is 58.4 Å². The van der Waals surface area contributed by atoms with Crippen molar-refractivity contribution >= 4 is 29.9 Å². The highest BCUT2D eigenvalue weighted by Gasteiger charge is 2.34. The Morgan fingerprint density at radius 3 is 2.76 bits per heavy atom. The quantitative estimate of drug-likeness (QED) is 0.217. The lowest BCUT2D eigenvalue weighted by Gasteiger charge is -2.18. The first-order valence-corrected chi connectivity index (χ1v) is 10.6. The van der Waals surface area contributed by atoms with Gasteiger partial charge in [-0.1, -0.05) is 12.1 Å². The summed E-state index contributed by atoms with van der Waals surface area (Å²) in [5.74, 6) is 2.52. The fourth-order valence-corrected chi connectivity index (χ4v) is 3.77. The van der Waals surface area contributed by atoms with Gasteiger partial charge >= 0.3 is 0 Å². The number of hydrogen-bond donors (Lipinski definition) is 2. The topological polar surface area (TPSA) is 58.1 Å². The summed E-state index contributed by atoms with van der Waals surface area (Å²) < 4.78 is 11.1. The van der Waals surface area contributed by atoms with E-state index in [0.717, 1.165) is 48.8 Å². The number of hydrogen-bond acceptors (Lipinski definition) is 4. The van der Waals surface area contributed by atoms with E-state index < -0.39 is 0 Å². The van der Waals surface area contributed by atoms with Crippen LogP contribution in [0.2, 0.25) is 0 Å². The van der Waals surface area contributed by atoms with E-state index in [4.69, 9.17) is 9.47 Å². The van der Waals surface area contributed by atoms with Gasteiger partial charge in [-0.3, -0.25) is 4.99 Å². The first-order chi connectivity index (χ1) is 13.7. The number of likely N-dealkylation sites (tertiary alicyclic amines) is 1. The van der Waals surface area contributed by atoms with Crippen molar-refractivity contribution in [2.45, 2.75) is 45.2 Å². The van der Waals surface area contributed by atoms with Gasteiger partial charge in [0.25, 0.3) is 0 Å². The summed E-state index contributed by atoms with van der Waals surface area (Å²) in [5, 5.41) is 6.95. The summed E-state index contributed by atoms with van der Waals surface area (Å²) in [6, 6.07) is 7.24. The summed E-state index contributed by atoms with van der Waals surface area (Å²) in [6.45, 7) is 7.63. The number of ether oxygens (including phenoxy) is 2. The Balaban J connectivity index is 0.00000300. The number of benzene rings is 1. The molecule has 1 aromatic rings. The van der Waals surface area contributed by atoms with Crippen LogP contribution in [0.15, 0.2) is 23.2 Å². The summed E-state index contributed by atoms with van der Waals surface area (Å²) in [5.41, 5.74) is 2.35. The Hall–Kier alpha value is -1.06. The minimum absolute atomic E-state index is 0. The second-order valence-electron chi connectivity index (χ2n) is 7.99. The smallest absolute Gasteiger partial charge is 0.191 e. The molecular weight excluding hydrogens is 479 g/mol. The fraction of sp³-hybridized carbons (Fsp3) is 0.682. The number of methoxy groups -OCH3 is 1. The summed E-state index contributed by atoms with van der Waals surface area (Å²) in [6.07, 6.45) is 4.98. The zero-order chi connectivity index (χ0) is 19.8. The lowest BCUT2D eigenvalue weighted by atomic mass is 10.1. The molecule has 2 aliphatic rings. The van der Waals surface area contributed by atoms with Gasteiger partial charge < -0.3 is 25.0 Å². The molecule has 1 aromatic carbocycles. The third-order valence-electron chi connectivity index (χ3n) is 5.58. The van der Waals surface area contributed by atoms with Crippen LogP contribution >= 0.6 is 24.0 Å². The zero-order valence-corrected chi connectivity index (χ0v) is 20.4. The maximum absolute atomic E-state index is 5.98. The SMILES string of the molecule is CN=C(NCc1ccc(C)cc1OCCCOC)NCC1CCN(C2CC2)C1.I. The molecule has 0 amide bonds. The van der Waals surface area contributed by atoms with Crippen molar-refractivity contribution in [3.05, 3.63) is 29.3 Å². The molecule has 1 unspecified atom stereocenters. The summed E-state index contributed by atoms with van der Waals surface area (Å²) in [4.78, 5) is 7.04. The van der Waals surface area contributed by atoms with E-state index in [0.29, 0.717) is 13.2 Å². The van der Waals surface area contributed by atoms with Crippen molar-refractivity contribution in [2.24, 2.45) is 10.9 Å². The highest BCUT2D eigenvalue weighted by atomic mass is 127. The molecule has 2 fully saturated rings. The second kappa shape index (κ2) is 12.6. The van der Waals surface area contributed by atoms with Crippen molar-refractivity contribution in [1.29, 1.82) is 0 Å². The first kappa shape index (κ1) is 24.2. The maximum atomic E-state index is 5.98. The van der Waals surface area contributed by atoms with Crippen molar-refractivity contribution in [2.75, 3.05) is 47.0 Å². The maximum Gasteiger partial charge on any atom is 0.191 e. The minimum atomic E-state index is 0. The number of halogens is 1. The standard InChI is InChI=1S/C22H36N4O2.HI/c1-17-5-6-19(21(13-17)28-12-4-11-27-3)15-25-22(23-2)24-14-18-9-10-26(16-18)20-7-8-20;/h5-6,13,18,20H,4,7-12,14-16H2,1-3H3,(H2,23,24,25);1H. The van der Waals surface area contributed by atoms with E-state index in [1.165, 1.54) is 37.9 Å². The van der Waals surface area contributed by atoms with Gasteiger partial charge in [-0.05, 0) is 50.3 Å². The molecule has 1 heterocycles. The molecule has 2 N–H and O–H groups in total. The first-order valence-electron chi connectivity index (χ1n) is 10.6. The number of nitrogens with zero attached hydrogens (tertiary/aromatic N) is 2. The van der Waals surface area contributed by atoms with Crippen LogP contribution in [0.25, 0.3) is 0 Å². The van der Waals surface area contributed by atoms with Crippen LogP contribution in [-0.4, -0.2) is 63.9 Å². The van der Waals surface area contributed by atoms with Gasteiger partial charge in [-0.2, -0.15) is 0 Å². The van der Waals surface area contributed by atoms with Crippen molar-refractivity contribution < 1.29 is 9.47 Å². The summed E-state index contributed by atoms with van der Waals surface area (Å²) >= 11 is 0. The van der Waals surface area contributed by atoms with Crippen LogP contribution in [0, 0.1) is 12.8 Å². The largest absolute Gasteiger partial charge is 0.493 e. The molecule has 29 heavy (non-hydrogen) atoms. The predicted octanol–water partition coefficient (Wildman–Crippen LogP) is 3.18. The third-order valence-corrected chi connectivity index (χ3v) is 5.58. The number of aliphatic imine (C=N–C) groups is 1. The second-order valence-corrected chi connectivity index (χ2v) is 7.99. The van der Waals surface area contributed by atoms with E-state index in [2.05, 4.69) is 45.6 Å². The number of guanidine groups is 1. The van der Waals surface area contributed by atoms with Crippen molar-refractivity contribution in [1.82, 2.24) is 15.5 Å². The van der Waals surface area contributed by atoms with Gasteiger partial charge in [-0.25, -0.2) is 0 Å². The normalized spacial score (nSPS) is 19.7. The average molecular weight is 516 g/mol. The lowest BCUT2D eigenvalue weighted by molar-refractivity contribution is 0.171. The van der Waals surface area contributed by atoms with Gasteiger partial charge in [0.2, 0.25) is 0 Å². The van der Waals surface area contributed by atoms with E-state index in [1.54, 1.807) is 7.11 Å². The monoisotopic (exact) mass is 516 g/mol. The molecule has 1 atom stereocenters. The van der Waals surface area contributed by atoms with Crippen LogP contribution in [0.3, 0.4) is 0 Å². The molecule has 0 bridgehead atoms. The van der Waals surface area contributed by atoms with Crippen molar-refractivity contribution in [3.8, 4) is 5.75 Å². The molecule has 1 aliphatic carbocycles. The van der Waals surface area contributed by atoms with Crippen molar-refractivity contribution in [3.63, 3.8) is 0 Å². The highest BCUT2D eigenvalue weighted by molar-refractivity contribution is 14.0. The molecule has 0 spiro atoms. The Labute approximate surface area is 192 Å². The average Bonchev–Trinajstić information content (AvgIpc) is 3.45. The third kappa shape index (κ3) is 7.94. The van der Waals surface area contributed by atoms with Gasteiger partial charge in [-0.15, -0.1) is 24.0 Å².